The van der Waals surface area contributed by atoms with Crippen LogP contribution in [0, 0.1) is 12.7 Å². The molecule has 0 saturated heterocycles. The number of benzene rings is 1. The summed E-state index contributed by atoms with van der Waals surface area (Å²) in [7, 11) is 0. The van der Waals surface area contributed by atoms with E-state index in [1.54, 1.807) is 24.3 Å². The van der Waals surface area contributed by atoms with Gasteiger partial charge < -0.3 is 9.88 Å². The van der Waals surface area contributed by atoms with Gasteiger partial charge in [-0.1, -0.05) is 30.0 Å². The fraction of sp³-hybridized carbons (Fsp3) is 0.294. The first-order chi connectivity index (χ1) is 12.1. The largest absolute Gasteiger partial charge is 0.350 e. The molecule has 1 aromatic carbocycles. The fourth-order valence-corrected chi connectivity index (χ4v) is 3.37. The molecule has 25 heavy (non-hydrogen) atoms. The molecule has 130 valence electrons. The molecule has 0 aliphatic heterocycles. The van der Waals surface area contributed by atoms with Crippen molar-refractivity contribution >= 4 is 28.6 Å². The van der Waals surface area contributed by atoms with Crippen LogP contribution in [0.2, 0.25) is 0 Å². The molecule has 0 spiro atoms. The van der Waals surface area contributed by atoms with E-state index in [4.69, 9.17) is 0 Å². The molecule has 3 rings (SSSR count). The van der Waals surface area contributed by atoms with Crippen molar-refractivity contribution in [1.82, 2.24) is 25.1 Å². The van der Waals surface area contributed by atoms with E-state index in [2.05, 4.69) is 20.5 Å². The summed E-state index contributed by atoms with van der Waals surface area (Å²) in [6, 6.07) is 8.01. The van der Waals surface area contributed by atoms with Gasteiger partial charge in [0.2, 0.25) is 0 Å². The van der Waals surface area contributed by atoms with E-state index in [0.29, 0.717) is 17.7 Å². The topological polar surface area (TPSA) is 72.7 Å². The van der Waals surface area contributed by atoms with E-state index in [0.717, 1.165) is 17.5 Å². The van der Waals surface area contributed by atoms with Crippen molar-refractivity contribution in [2.45, 2.75) is 25.5 Å². The fourth-order valence-electron chi connectivity index (χ4n) is 2.47. The van der Waals surface area contributed by atoms with Crippen molar-refractivity contribution in [2.24, 2.45) is 0 Å². The maximum Gasteiger partial charge on any atom is 0.269 e. The average Bonchev–Trinajstić information content (AvgIpc) is 2.98. The number of para-hydroxylation sites is 1. The minimum Gasteiger partial charge on any atom is -0.350 e. The molecular formula is C17H18FN5OS. The lowest BCUT2D eigenvalue weighted by Gasteiger charge is -2.07. The molecule has 8 heteroatoms. The Bertz CT molecular complexity index is 911. The first-order valence-corrected chi connectivity index (χ1v) is 8.94. The number of nitrogens with one attached hydrogen (secondary N) is 1. The predicted molar refractivity (Wildman–Crippen MR) is 95.2 cm³/mol. The molecule has 2 aromatic heterocycles. The van der Waals surface area contributed by atoms with Crippen LogP contribution in [0.1, 0.15) is 23.2 Å². The number of halogens is 1. The Morgan fingerprint density at radius 1 is 1.28 bits per heavy atom. The Morgan fingerprint density at radius 3 is 2.92 bits per heavy atom. The molecule has 0 atom stereocenters. The van der Waals surface area contributed by atoms with Crippen molar-refractivity contribution in [3.63, 3.8) is 0 Å². The Morgan fingerprint density at radius 2 is 2.12 bits per heavy atom. The van der Waals surface area contributed by atoms with Crippen LogP contribution in [0.5, 0.6) is 0 Å². The summed E-state index contributed by atoms with van der Waals surface area (Å²) in [6.07, 6.45) is 0. The summed E-state index contributed by atoms with van der Waals surface area (Å²) in [5, 5.41) is 12.5. The maximum absolute atomic E-state index is 13.8. The van der Waals surface area contributed by atoms with Crippen LogP contribution < -0.4 is 5.32 Å². The van der Waals surface area contributed by atoms with Crippen LogP contribution >= 0.6 is 11.8 Å². The average molecular weight is 359 g/mol. The van der Waals surface area contributed by atoms with Gasteiger partial charge in [0.05, 0.1) is 0 Å². The lowest BCUT2D eigenvalue weighted by atomic mass is 10.2. The lowest BCUT2D eigenvalue weighted by Crippen LogP contribution is -2.26. The predicted octanol–water partition coefficient (Wildman–Crippen LogP) is 2.82. The summed E-state index contributed by atoms with van der Waals surface area (Å²) in [5.41, 5.74) is 0.409. The Hall–Kier alpha value is -2.48. The van der Waals surface area contributed by atoms with Crippen molar-refractivity contribution in [3.05, 3.63) is 47.7 Å². The van der Waals surface area contributed by atoms with Gasteiger partial charge in [-0.2, -0.15) is 0 Å². The SMILES string of the molecule is CCn1c(C)nnc1SCCNC(=O)c1ccc2cccc(F)c2n1. The molecule has 0 aliphatic carbocycles. The molecule has 0 saturated carbocycles. The number of rotatable bonds is 6. The van der Waals surface area contributed by atoms with E-state index < -0.39 is 5.82 Å². The zero-order valence-corrected chi connectivity index (χ0v) is 14.8. The van der Waals surface area contributed by atoms with Gasteiger partial charge in [-0.25, -0.2) is 9.37 Å². The highest BCUT2D eigenvalue weighted by Gasteiger charge is 2.11. The van der Waals surface area contributed by atoms with Crippen molar-refractivity contribution < 1.29 is 9.18 Å². The van der Waals surface area contributed by atoms with Crippen LogP contribution in [0.15, 0.2) is 35.5 Å². The summed E-state index contributed by atoms with van der Waals surface area (Å²) in [5.74, 6) is 0.776. The van der Waals surface area contributed by atoms with Crippen LogP contribution in [0.4, 0.5) is 4.39 Å². The summed E-state index contributed by atoms with van der Waals surface area (Å²) in [6.45, 7) is 5.20. The number of carbonyl (C=O) groups is 1. The molecule has 2 heterocycles. The number of hydrogen-bond acceptors (Lipinski definition) is 5. The third-order valence-corrected chi connectivity index (χ3v) is 4.71. The van der Waals surface area contributed by atoms with E-state index >= 15 is 0 Å². The van der Waals surface area contributed by atoms with Crippen molar-refractivity contribution in [1.29, 1.82) is 0 Å². The number of hydrogen-bond donors (Lipinski definition) is 1. The van der Waals surface area contributed by atoms with Gasteiger partial charge in [0.15, 0.2) is 5.16 Å². The zero-order chi connectivity index (χ0) is 17.8. The van der Waals surface area contributed by atoms with Crippen molar-refractivity contribution in [3.8, 4) is 0 Å². The molecule has 0 fully saturated rings. The molecule has 0 bridgehead atoms. The summed E-state index contributed by atoms with van der Waals surface area (Å²) >= 11 is 1.53. The highest BCUT2D eigenvalue weighted by molar-refractivity contribution is 7.99. The molecule has 6 nitrogen and oxygen atoms in total. The highest BCUT2D eigenvalue weighted by atomic mass is 32.2. The molecule has 1 N–H and O–H groups in total. The van der Waals surface area contributed by atoms with E-state index in [-0.39, 0.29) is 17.1 Å². The van der Waals surface area contributed by atoms with Crippen LogP contribution in [-0.2, 0) is 6.54 Å². The first-order valence-electron chi connectivity index (χ1n) is 7.96. The first kappa shape index (κ1) is 17.3. The van der Waals surface area contributed by atoms with Crippen LogP contribution in [-0.4, -0.2) is 38.0 Å². The number of nitrogens with zero attached hydrogens (tertiary/aromatic N) is 4. The monoisotopic (exact) mass is 359 g/mol. The van der Waals surface area contributed by atoms with Crippen LogP contribution in [0.25, 0.3) is 10.9 Å². The zero-order valence-electron chi connectivity index (χ0n) is 14.0. The van der Waals surface area contributed by atoms with Gasteiger partial charge in [-0.3, -0.25) is 4.79 Å². The highest BCUT2D eigenvalue weighted by Crippen LogP contribution is 2.17. The standard InChI is InChI=1S/C17H18FN5OS/c1-3-23-11(2)21-22-17(23)25-10-9-19-16(24)14-8-7-12-5-4-6-13(18)15(12)20-14/h4-8H,3,9-10H2,1-2H3,(H,19,24). The van der Waals surface area contributed by atoms with Gasteiger partial charge in [0.1, 0.15) is 22.9 Å². The van der Waals surface area contributed by atoms with Gasteiger partial charge >= 0.3 is 0 Å². The Kier molecular flexibility index (Phi) is 5.28. The molecule has 3 aromatic rings. The molecule has 0 radical (unpaired) electrons. The van der Waals surface area contributed by atoms with E-state index in [9.17, 15) is 9.18 Å². The van der Waals surface area contributed by atoms with Gasteiger partial charge in [-0.05, 0) is 26.0 Å². The number of aryl methyl sites for hydroxylation is 1. The summed E-state index contributed by atoms with van der Waals surface area (Å²) < 4.78 is 15.8. The minimum atomic E-state index is -0.433. The second-order valence-electron chi connectivity index (χ2n) is 5.39. The van der Waals surface area contributed by atoms with E-state index in [1.807, 2.05) is 18.4 Å². The van der Waals surface area contributed by atoms with Gasteiger partial charge in [0, 0.05) is 24.2 Å². The third-order valence-electron chi connectivity index (χ3n) is 3.74. The molecule has 0 unspecified atom stereocenters. The molecule has 1 amide bonds. The second-order valence-corrected chi connectivity index (χ2v) is 6.45. The second kappa shape index (κ2) is 7.60. The smallest absolute Gasteiger partial charge is 0.269 e. The number of amides is 1. The molecule has 0 aliphatic rings. The number of fused-ring (bicyclic) bond motifs is 1. The van der Waals surface area contributed by atoms with E-state index in [1.165, 1.54) is 17.8 Å². The van der Waals surface area contributed by atoms with Gasteiger partial charge in [0.25, 0.3) is 5.91 Å². The van der Waals surface area contributed by atoms with Crippen LogP contribution in [0.3, 0.4) is 0 Å². The normalized spacial score (nSPS) is 11.0. The number of carbonyl (C=O) groups excluding carboxylic acids is 1. The lowest BCUT2D eigenvalue weighted by molar-refractivity contribution is 0.0951. The maximum atomic E-state index is 13.8. The Labute approximate surface area is 148 Å². The number of pyridine rings is 1. The minimum absolute atomic E-state index is 0.204. The Balaban J connectivity index is 1.58. The number of aromatic nitrogens is 4. The number of thioether (sulfide) groups is 1. The van der Waals surface area contributed by atoms with Crippen molar-refractivity contribution in [2.75, 3.05) is 12.3 Å². The molecular weight excluding hydrogens is 341 g/mol. The third kappa shape index (κ3) is 3.79. The quantitative estimate of drug-likeness (QED) is 0.541. The van der Waals surface area contributed by atoms with Gasteiger partial charge in [-0.15, -0.1) is 10.2 Å². The summed E-state index contributed by atoms with van der Waals surface area (Å²) in [4.78, 5) is 16.3.